The minimum atomic E-state index is -4.66. The number of carbonyl (C=O) groups is 2. The SMILES string of the molecule is CCn1cc(NC(=O)C(C)n2nc(C(F)(F)F)c(Br)c2C)c(C(N)=O)n1. The van der Waals surface area contributed by atoms with E-state index in [1.54, 1.807) is 6.92 Å². The first-order chi connectivity index (χ1) is 12.0. The Kier molecular flexibility index (Phi) is 5.44. The lowest BCUT2D eigenvalue weighted by Crippen LogP contribution is -2.26. The molecular weight excluding hydrogens is 421 g/mol. The van der Waals surface area contributed by atoms with Crippen LogP contribution in [0.2, 0.25) is 0 Å². The summed E-state index contributed by atoms with van der Waals surface area (Å²) in [6, 6.07) is -1.08. The van der Waals surface area contributed by atoms with Crippen molar-refractivity contribution in [3.63, 3.8) is 0 Å². The molecule has 0 saturated heterocycles. The van der Waals surface area contributed by atoms with E-state index in [1.165, 1.54) is 24.7 Å². The molecule has 0 aliphatic rings. The Balaban J connectivity index is 2.32. The first-order valence-corrected chi connectivity index (χ1v) is 8.26. The van der Waals surface area contributed by atoms with Crippen molar-refractivity contribution in [3.05, 3.63) is 27.8 Å². The number of nitrogens with zero attached hydrogens (tertiary/aromatic N) is 4. The molecule has 2 heterocycles. The second-order valence-corrected chi connectivity index (χ2v) is 6.26. The van der Waals surface area contributed by atoms with Crippen LogP contribution in [0.25, 0.3) is 0 Å². The Morgan fingerprint density at radius 1 is 1.38 bits per heavy atom. The quantitative estimate of drug-likeness (QED) is 0.750. The highest BCUT2D eigenvalue weighted by Gasteiger charge is 2.39. The topological polar surface area (TPSA) is 108 Å². The van der Waals surface area contributed by atoms with Gasteiger partial charge in [-0.25, -0.2) is 0 Å². The summed E-state index contributed by atoms with van der Waals surface area (Å²) in [6.07, 6.45) is -3.25. The van der Waals surface area contributed by atoms with Gasteiger partial charge < -0.3 is 11.1 Å². The van der Waals surface area contributed by atoms with E-state index in [9.17, 15) is 22.8 Å². The van der Waals surface area contributed by atoms with E-state index in [2.05, 4.69) is 31.4 Å². The fourth-order valence-electron chi connectivity index (χ4n) is 2.26. The molecule has 0 bridgehead atoms. The van der Waals surface area contributed by atoms with Gasteiger partial charge >= 0.3 is 6.18 Å². The fourth-order valence-corrected chi connectivity index (χ4v) is 2.75. The number of alkyl halides is 3. The number of aryl methyl sites for hydroxylation is 1. The van der Waals surface area contributed by atoms with Gasteiger partial charge in [0.2, 0.25) is 5.91 Å². The Morgan fingerprint density at radius 2 is 2.00 bits per heavy atom. The average molecular weight is 437 g/mol. The van der Waals surface area contributed by atoms with Crippen molar-refractivity contribution in [2.24, 2.45) is 5.73 Å². The van der Waals surface area contributed by atoms with E-state index >= 15 is 0 Å². The van der Waals surface area contributed by atoms with Crippen LogP contribution in [-0.4, -0.2) is 31.4 Å². The molecule has 2 rings (SSSR count). The standard InChI is InChI=1S/C14H16BrF3N6O2/c1-4-23-5-8(10(21-23)12(19)25)20-13(26)7(3)24-6(2)9(15)11(22-24)14(16,17)18/h5,7H,4H2,1-3H3,(H2,19,25)(H,20,26). The van der Waals surface area contributed by atoms with Crippen molar-refractivity contribution in [2.75, 3.05) is 5.32 Å². The molecule has 1 unspecified atom stereocenters. The van der Waals surface area contributed by atoms with Gasteiger partial charge in [0.1, 0.15) is 6.04 Å². The minimum Gasteiger partial charge on any atom is -0.364 e. The van der Waals surface area contributed by atoms with Crippen LogP contribution in [0.3, 0.4) is 0 Å². The first kappa shape index (κ1) is 19.9. The zero-order valence-corrected chi connectivity index (χ0v) is 15.6. The number of halogens is 4. The van der Waals surface area contributed by atoms with E-state index in [4.69, 9.17) is 5.73 Å². The summed E-state index contributed by atoms with van der Waals surface area (Å²) in [4.78, 5) is 23.9. The van der Waals surface area contributed by atoms with Gasteiger partial charge in [-0.15, -0.1) is 0 Å². The maximum atomic E-state index is 13.0. The molecule has 0 aliphatic heterocycles. The zero-order valence-electron chi connectivity index (χ0n) is 14.1. The number of anilines is 1. The number of aromatic nitrogens is 4. The number of hydrogen-bond acceptors (Lipinski definition) is 4. The molecule has 26 heavy (non-hydrogen) atoms. The summed E-state index contributed by atoms with van der Waals surface area (Å²) in [6.45, 7) is 5.00. The third-order valence-electron chi connectivity index (χ3n) is 3.67. The molecule has 12 heteroatoms. The third-order valence-corrected chi connectivity index (χ3v) is 4.62. The van der Waals surface area contributed by atoms with Crippen molar-refractivity contribution < 1.29 is 22.8 Å². The van der Waals surface area contributed by atoms with Crippen LogP contribution in [0, 0.1) is 6.92 Å². The monoisotopic (exact) mass is 436 g/mol. The van der Waals surface area contributed by atoms with Crippen LogP contribution < -0.4 is 11.1 Å². The molecular formula is C14H16BrF3N6O2. The Hall–Kier alpha value is -2.37. The molecule has 0 aromatic carbocycles. The molecule has 2 aromatic heterocycles. The number of hydrogen-bond donors (Lipinski definition) is 2. The van der Waals surface area contributed by atoms with Gasteiger partial charge in [-0.2, -0.15) is 23.4 Å². The van der Waals surface area contributed by atoms with E-state index in [0.717, 1.165) is 4.68 Å². The molecule has 0 aliphatic carbocycles. The molecule has 0 saturated carbocycles. The molecule has 142 valence electrons. The van der Waals surface area contributed by atoms with Crippen molar-refractivity contribution in [3.8, 4) is 0 Å². The van der Waals surface area contributed by atoms with Crippen LogP contribution in [-0.2, 0) is 17.5 Å². The molecule has 0 radical (unpaired) electrons. The Labute approximate surface area is 154 Å². The summed E-state index contributed by atoms with van der Waals surface area (Å²) >= 11 is 2.85. The molecule has 3 N–H and O–H groups in total. The van der Waals surface area contributed by atoms with Crippen LogP contribution in [0.1, 0.15) is 41.8 Å². The maximum Gasteiger partial charge on any atom is 0.436 e. The molecule has 0 spiro atoms. The predicted octanol–water partition coefficient (Wildman–Crippen LogP) is 2.49. The number of rotatable bonds is 5. The molecule has 1 atom stereocenters. The molecule has 8 nitrogen and oxygen atoms in total. The lowest BCUT2D eigenvalue weighted by atomic mass is 10.2. The van der Waals surface area contributed by atoms with E-state index < -0.39 is 29.7 Å². The average Bonchev–Trinajstić information content (AvgIpc) is 3.08. The van der Waals surface area contributed by atoms with Gasteiger partial charge in [0, 0.05) is 12.7 Å². The highest BCUT2D eigenvalue weighted by Crippen LogP contribution is 2.36. The highest BCUT2D eigenvalue weighted by molar-refractivity contribution is 9.10. The van der Waals surface area contributed by atoms with Gasteiger partial charge in [-0.3, -0.25) is 19.0 Å². The van der Waals surface area contributed by atoms with Gasteiger partial charge in [0.05, 0.1) is 15.9 Å². The number of amides is 2. The number of carbonyl (C=O) groups excluding carboxylic acids is 2. The lowest BCUT2D eigenvalue weighted by molar-refractivity contribution is -0.142. The summed E-state index contributed by atoms with van der Waals surface area (Å²) in [5, 5.41) is 9.88. The molecule has 0 fully saturated rings. The maximum absolute atomic E-state index is 13.0. The van der Waals surface area contributed by atoms with Crippen molar-refractivity contribution in [1.29, 1.82) is 0 Å². The fraction of sp³-hybridized carbons (Fsp3) is 0.429. The van der Waals surface area contributed by atoms with E-state index in [0.29, 0.717) is 6.54 Å². The smallest absolute Gasteiger partial charge is 0.364 e. The summed E-state index contributed by atoms with van der Waals surface area (Å²) in [5.74, 6) is -1.51. The second kappa shape index (κ2) is 7.09. The van der Waals surface area contributed by atoms with Crippen LogP contribution in [0.5, 0.6) is 0 Å². The predicted molar refractivity (Wildman–Crippen MR) is 89.4 cm³/mol. The van der Waals surface area contributed by atoms with E-state index in [1.807, 2.05) is 0 Å². The Bertz CT molecular complexity index is 858. The number of nitrogens with one attached hydrogen (secondary N) is 1. The molecule has 2 aromatic rings. The van der Waals surface area contributed by atoms with E-state index in [-0.39, 0.29) is 21.5 Å². The van der Waals surface area contributed by atoms with Gasteiger partial charge in [-0.1, -0.05) is 0 Å². The third kappa shape index (κ3) is 3.74. The second-order valence-electron chi connectivity index (χ2n) is 5.47. The number of primary amides is 1. The van der Waals surface area contributed by atoms with Crippen molar-refractivity contribution in [1.82, 2.24) is 19.6 Å². The van der Waals surface area contributed by atoms with Gasteiger partial charge in [0.25, 0.3) is 5.91 Å². The lowest BCUT2D eigenvalue weighted by Gasteiger charge is -2.14. The van der Waals surface area contributed by atoms with Crippen LogP contribution in [0.15, 0.2) is 10.7 Å². The normalized spacial score (nSPS) is 12.9. The summed E-state index contributed by atoms with van der Waals surface area (Å²) in [7, 11) is 0. The Morgan fingerprint density at radius 3 is 2.46 bits per heavy atom. The van der Waals surface area contributed by atoms with Crippen molar-refractivity contribution >= 4 is 33.4 Å². The summed E-state index contributed by atoms with van der Waals surface area (Å²) in [5.41, 5.74) is 4.19. The van der Waals surface area contributed by atoms with Crippen LogP contribution in [0.4, 0.5) is 18.9 Å². The van der Waals surface area contributed by atoms with Gasteiger partial charge in [0.15, 0.2) is 11.4 Å². The van der Waals surface area contributed by atoms with Crippen LogP contribution >= 0.6 is 15.9 Å². The van der Waals surface area contributed by atoms with Gasteiger partial charge in [-0.05, 0) is 36.7 Å². The number of nitrogens with two attached hydrogens (primary N) is 1. The minimum absolute atomic E-state index is 0.0797. The summed E-state index contributed by atoms with van der Waals surface area (Å²) < 4.78 is 41.0. The van der Waals surface area contributed by atoms with Crippen molar-refractivity contribution in [2.45, 2.75) is 39.5 Å². The molecule has 2 amide bonds. The zero-order chi connectivity index (χ0) is 19.8. The first-order valence-electron chi connectivity index (χ1n) is 7.47. The highest BCUT2D eigenvalue weighted by atomic mass is 79.9. The largest absolute Gasteiger partial charge is 0.436 e.